The summed E-state index contributed by atoms with van der Waals surface area (Å²) in [6.07, 6.45) is 15.5. The highest BCUT2D eigenvalue weighted by Crippen LogP contribution is 2.29. The Bertz CT molecular complexity index is 1370. The van der Waals surface area contributed by atoms with Crippen molar-refractivity contribution >= 4 is 17.5 Å². The lowest BCUT2D eigenvalue weighted by Crippen LogP contribution is -2.33. The molecule has 1 atom stereocenters. The molecule has 1 aromatic carbocycles. The minimum atomic E-state index is -0.148. The average molecular weight is 514 g/mol. The number of anilines is 1. The number of hydrogen-bond acceptors (Lipinski definition) is 5. The highest BCUT2D eigenvalue weighted by molar-refractivity contribution is 5.97. The Morgan fingerprint density at radius 1 is 1.18 bits per heavy atom. The van der Waals surface area contributed by atoms with Gasteiger partial charge in [-0.2, -0.15) is 5.10 Å². The monoisotopic (exact) mass is 513 g/mol. The van der Waals surface area contributed by atoms with Gasteiger partial charge in [-0.1, -0.05) is 24.3 Å². The highest BCUT2D eigenvalue weighted by atomic mass is 16.5. The predicted octanol–water partition coefficient (Wildman–Crippen LogP) is 4.36. The number of rotatable bonds is 6. The maximum atomic E-state index is 12.9. The van der Waals surface area contributed by atoms with Crippen molar-refractivity contribution in [1.82, 2.24) is 20.0 Å². The van der Waals surface area contributed by atoms with E-state index >= 15 is 0 Å². The number of likely N-dealkylation sites (tertiary alicyclic amines) is 1. The van der Waals surface area contributed by atoms with Gasteiger partial charge in [0.15, 0.2) is 0 Å². The van der Waals surface area contributed by atoms with Crippen LogP contribution in [-0.4, -0.2) is 45.6 Å². The molecule has 1 fully saturated rings. The minimum absolute atomic E-state index is 0.0453. The molecule has 1 aliphatic carbocycles. The van der Waals surface area contributed by atoms with Crippen LogP contribution in [0, 0.1) is 6.92 Å². The third kappa shape index (κ3) is 5.59. The zero-order valence-corrected chi connectivity index (χ0v) is 22.5. The topological polar surface area (TPSA) is 88.5 Å². The van der Waals surface area contributed by atoms with E-state index < -0.39 is 0 Å². The first kappa shape index (κ1) is 25.6. The van der Waals surface area contributed by atoms with Gasteiger partial charge in [-0.15, -0.1) is 0 Å². The second-order valence-electron chi connectivity index (χ2n) is 11.0. The van der Waals surface area contributed by atoms with Gasteiger partial charge in [-0.05, 0) is 69.9 Å². The molecule has 2 N–H and O–H groups in total. The molecule has 198 valence electrons. The molecule has 5 rings (SSSR count). The van der Waals surface area contributed by atoms with Gasteiger partial charge in [-0.3, -0.25) is 14.3 Å². The van der Waals surface area contributed by atoms with Crippen LogP contribution in [0.5, 0.6) is 5.75 Å². The molecule has 8 heteroatoms. The molecular weight excluding hydrogens is 478 g/mol. The molecule has 3 aliphatic rings. The van der Waals surface area contributed by atoms with Gasteiger partial charge < -0.3 is 20.3 Å². The van der Waals surface area contributed by atoms with Gasteiger partial charge in [0.1, 0.15) is 11.5 Å². The predicted molar refractivity (Wildman–Crippen MR) is 147 cm³/mol. The van der Waals surface area contributed by atoms with Gasteiger partial charge in [0.25, 0.3) is 5.91 Å². The number of hydrogen-bond donors (Lipinski definition) is 2. The van der Waals surface area contributed by atoms with Gasteiger partial charge in [0.2, 0.25) is 5.91 Å². The number of aryl methyl sites for hydroxylation is 1. The Hall–Kier alpha value is -4.07. The Morgan fingerprint density at radius 3 is 2.68 bits per heavy atom. The van der Waals surface area contributed by atoms with E-state index in [-0.39, 0.29) is 29.8 Å². The largest absolute Gasteiger partial charge is 0.457 e. The standard InChI is InChI=1S/C30H35N5O3/c1-20-15-21(16-28(36)33-23-18-32-35(19-23)30(2,3)4)7-10-26(20)38-27-11-12-31-25-9-8-22(17-24(25)27)29(37)34-13-5-6-14-34/h7-12,15,17-19,25,31H,5-6,13-14,16H2,1-4H3,(H,33,36). The molecule has 2 amide bonds. The van der Waals surface area contributed by atoms with E-state index in [0.717, 1.165) is 42.6 Å². The second-order valence-corrected chi connectivity index (χ2v) is 11.0. The summed E-state index contributed by atoms with van der Waals surface area (Å²) in [5.41, 5.74) is 3.96. The number of amides is 2. The quantitative estimate of drug-likeness (QED) is 0.599. The van der Waals surface area contributed by atoms with E-state index in [1.54, 1.807) is 6.20 Å². The normalized spacial score (nSPS) is 18.7. The number of ether oxygens (including phenoxy) is 1. The average Bonchev–Trinajstić information content (AvgIpc) is 3.58. The Labute approximate surface area is 223 Å². The fourth-order valence-electron chi connectivity index (χ4n) is 4.83. The molecule has 1 saturated heterocycles. The van der Waals surface area contributed by atoms with Crippen LogP contribution in [0.3, 0.4) is 0 Å². The number of carbonyl (C=O) groups excluding carboxylic acids is 2. The Balaban J connectivity index is 1.28. The van der Waals surface area contributed by atoms with Gasteiger partial charge >= 0.3 is 0 Å². The van der Waals surface area contributed by atoms with E-state index in [1.165, 1.54) is 0 Å². The molecule has 0 bridgehead atoms. The molecule has 0 spiro atoms. The fraction of sp³-hybridized carbons (Fsp3) is 0.367. The van der Waals surface area contributed by atoms with Crippen LogP contribution in [0.1, 0.15) is 44.7 Å². The van der Waals surface area contributed by atoms with Gasteiger partial charge in [-0.25, -0.2) is 0 Å². The third-order valence-corrected chi connectivity index (χ3v) is 6.93. The van der Waals surface area contributed by atoms with Crippen molar-refractivity contribution in [3.63, 3.8) is 0 Å². The van der Waals surface area contributed by atoms with Crippen molar-refractivity contribution in [1.29, 1.82) is 0 Å². The lowest BCUT2D eigenvalue weighted by Gasteiger charge is -2.27. The van der Waals surface area contributed by atoms with Crippen molar-refractivity contribution in [2.24, 2.45) is 0 Å². The molecule has 2 aromatic rings. The van der Waals surface area contributed by atoms with Crippen molar-refractivity contribution in [3.05, 3.63) is 89.1 Å². The maximum absolute atomic E-state index is 12.9. The molecule has 8 nitrogen and oxygen atoms in total. The fourth-order valence-corrected chi connectivity index (χ4v) is 4.83. The number of aromatic nitrogens is 2. The van der Waals surface area contributed by atoms with Crippen LogP contribution in [0.15, 0.2) is 78.0 Å². The van der Waals surface area contributed by atoms with Crippen molar-refractivity contribution in [2.75, 3.05) is 18.4 Å². The van der Waals surface area contributed by atoms with E-state index in [0.29, 0.717) is 22.8 Å². The molecule has 38 heavy (non-hydrogen) atoms. The first-order chi connectivity index (χ1) is 18.2. The summed E-state index contributed by atoms with van der Waals surface area (Å²) in [5.74, 6) is 1.39. The van der Waals surface area contributed by atoms with Crippen molar-refractivity contribution in [2.45, 2.75) is 58.5 Å². The molecule has 0 saturated carbocycles. The van der Waals surface area contributed by atoms with Crippen LogP contribution in [0.2, 0.25) is 0 Å². The molecule has 1 unspecified atom stereocenters. The van der Waals surface area contributed by atoms with Crippen LogP contribution >= 0.6 is 0 Å². The van der Waals surface area contributed by atoms with E-state index in [2.05, 4.69) is 36.5 Å². The van der Waals surface area contributed by atoms with Crippen LogP contribution < -0.4 is 15.4 Å². The second kappa shape index (κ2) is 10.4. The summed E-state index contributed by atoms with van der Waals surface area (Å²) in [6, 6.07) is 5.73. The van der Waals surface area contributed by atoms with Crippen LogP contribution in [0.4, 0.5) is 5.69 Å². The number of allylic oxidation sites excluding steroid dienone is 1. The molecular formula is C30H35N5O3. The smallest absolute Gasteiger partial charge is 0.253 e. The maximum Gasteiger partial charge on any atom is 0.253 e. The zero-order valence-electron chi connectivity index (χ0n) is 22.5. The molecule has 0 radical (unpaired) electrons. The molecule has 3 heterocycles. The highest BCUT2D eigenvalue weighted by Gasteiger charge is 2.26. The van der Waals surface area contributed by atoms with Crippen molar-refractivity contribution < 1.29 is 14.3 Å². The number of nitrogens with zero attached hydrogens (tertiary/aromatic N) is 3. The number of dihydropyridines is 1. The first-order valence-electron chi connectivity index (χ1n) is 13.2. The molecule has 2 aliphatic heterocycles. The summed E-state index contributed by atoms with van der Waals surface area (Å²) >= 11 is 0. The molecule has 1 aromatic heterocycles. The zero-order chi connectivity index (χ0) is 26.9. The van der Waals surface area contributed by atoms with Crippen LogP contribution in [-0.2, 0) is 21.5 Å². The third-order valence-electron chi connectivity index (χ3n) is 6.93. The Kier molecular flexibility index (Phi) is 6.97. The minimum Gasteiger partial charge on any atom is -0.457 e. The number of nitrogens with one attached hydrogen (secondary N) is 2. The Morgan fingerprint density at radius 2 is 1.97 bits per heavy atom. The van der Waals surface area contributed by atoms with Gasteiger partial charge in [0.05, 0.1) is 29.9 Å². The number of carbonyl (C=O) groups is 2. The number of benzene rings is 1. The summed E-state index contributed by atoms with van der Waals surface area (Å²) in [7, 11) is 0. The van der Waals surface area contributed by atoms with Crippen LogP contribution in [0.25, 0.3) is 0 Å². The lowest BCUT2D eigenvalue weighted by molar-refractivity contribution is -0.125. The number of fused-ring (bicyclic) bond motifs is 1. The van der Waals surface area contributed by atoms with E-state index in [4.69, 9.17) is 4.74 Å². The van der Waals surface area contributed by atoms with Gasteiger partial charge in [0, 0.05) is 36.6 Å². The summed E-state index contributed by atoms with van der Waals surface area (Å²) < 4.78 is 8.17. The summed E-state index contributed by atoms with van der Waals surface area (Å²) in [6.45, 7) is 9.78. The summed E-state index contributed by atoms with van der Waals surface area (Å²) in [4.78, 5) is 27.5. The van der Waals surface area contributed by atoms with E-state index in [1.807, 2.05) is 71.4 Å². The SMILES string of the molecule is Cc1cc(CC(=O)Nc2cnn(C(C)(C)C)c2)ccc1OC1=C2C=C(C(=O)N3CCCC3)C=CC2NC=C1. The van der Waals surface area contributed by atoms with Crippen molar-refractivity contribution in [3.8, 4) is 5.75 Å². The lowest BCUT2D eigenvalue weighted by atomic mass is 9.94. The summed E-state index contributed by atoms with van der Waals surface area (Å²) in [5, 5.41) is 10.6. The van der Waals surface area contributed by atoms with E-state index in [9.17, 15) is 9.59 Å². The first-order valence-corrected chi connectivity index (χ1v) is 13.2.